The van der Waals surface area contributed by atoms with E-state index in [-0.39, 0.29) is 4.90 Å². The summed E-state index contributed by atoms with van der Waals surface area (Å²) in [5.41, 5.74) is -0.737. The summed E-state index contributed by atoms with van der Waals surface area (Å²) >= 11 is 0. The van der Waals surface area contributed by atoms with Crippen LogP contribution in [0.1, 0.15) is 19.4 Å². The molecular formula is C15H16FNO2S. The summed E-state index contributed by atoms with van der Waals surface area (Å²) in [5.74, 6) is -0.437. The summed E-state index contributed by atoms with van der Waals surface area (Å²) in [6.07, 6.45) is 0. The molecule has 0 heterocycles. The number of halogens is 1. The first-order chi connectivity index (χ1) is 9.33. The van der Waals surface area contributed by atoms with Crippen LogP contribution in [-0.4, -0.2) is 8.42 Å². The van der Waals surface area contributed by atoms with Crippen molar-refractivity contribution in [3.63, 3.8) is 0 Å². The molecule has 0 spiro atoms. The van der Waals surface area contributed by atoms with Gasteiger partial charge in [-0.2, -0.15) is 0 Å². The van der Waals surface area contributed by atoms with Crippen LogP contribution in [0.3, 0.4) is 0 Å². The van der Waals surface area contributed by atoms with Gasteiger partial charge in [-0.1, -0.05) is 36.4 Å². The molecule has 0 aliphatic rings. The van der Waals surface area contributed by atoms with Gasteiger partial charge in [0.1, 0.15) is 5.82 Å². The van der Waals surface area contributed by atoms with Crippen LogP contribution in [0, 0.1) is 5.82 Å². The number of benzene rings is 2. The Bertz CT molecular complexity index is 697. The Morgan fingerprint density at radius 2 is 1.50 bits per heavy atom. The van der Waals surface area contributed by atoms with Gasteiger partial charge in [0.25, 0.3) is 0 Å². The Morgan fingerprint density at radius 3 is 2.10 bits per heavy atom. The molecule has 2 aromatic rings. The lowest BCUT2D eigenvalue weighted by Gasteiger charge is -2.27. The van der Waals surface area contributed by atoms with Gasteiger partial charge in [-0.3, -0.25) is 0 Å². The highest BCUT2D eigenvalue weighted by Crippen LogP contribution is 2.25. The van der Waals surface area contributed by atoms with Gasteiger partial charge in [0, 0.05) is 5.56 Å². The number of hydrogen-bond acceptors (Lipinski definition) is 2. The van der Waals surface area contributed by atoms with E-state index in [2.05, 4.69) is 4.72 Å². The predicted octanol–water partition coefficient (Wildman–Crippen LogP) is 3.04. The van der Waals surface area contributed by atoms with Gasteiger partial charge >= 0.3 is 0 Å². The molecule has 2 rings (SSSR count). The maximum atomic E-state index is 13.8. The van der Waals surface area contributed by atoms with Crippen molar-refractivity contribution < 1.29 is 12.8 Å². The first-order valence-corrected chi connectivity index (χ1v) is 7.65. The molecule has 0 bridgehead atoms. The zero-order valence-electron chi connectivity index (χ0n) is 11.3. The van der Waals surface area contributed by atoms with Gasteiger partial charge in [0.2, 0.25) is 10.0 Å². The smallest absolute Gasteiger partial charge is 0.207 e. The van der Waals surface area contributed by atoms with E-state index in [4.69, 9.17) is 0 Å². The van der Waals surface area contributed by atoms with Crippen LogP contribution in [0.4, 0.5) is 4.39 Å². The largest absolute Gasteiger partial charge is 0.241 e. The highest BCUT2D eigenvalue weighted by atomic mass is 32.2. The first-order valence-electron chi connectivity index (χ1n) is 6.17. The Balaban J connectivity index is 2.36. The molecule has 1 N–H and O–H groups in total. The second kappa shape index (κ2) is 5.34. The summed E-state index contributed by atoms with van der Waals surface area (Å²) in [4.78, 5) is 0.157. The van der Waals surface area contributed by atoms with Crippen molar-refractivity contribution in [3.05, 3.63) is 66.0 Å². The number of nitrogens with one attached hydrogen (secondary N) is 1. The third-order valence-corrected chi connectivity index (χ3v) is 4.66. The molecule has 0 saturated heterocycles. The van der Waals surface area contributed by atoms with Gasteiger partial charge in [-0.05, 0) is 32.0 Å². The maximum absolute atomic E-state index is 13.8. The third kappa shape index (κ3) is 3.05. The molecular weight excluding hydrogens is 277 g/mol. The fraction of sp³-hybridized carbons (Fsp3) is 0.200. The van der Waals surface area contributed by atoms with Gasteiger partial charge in [-0.25, -0.2) is 17.5 Å². The molecule has 20 heavy (non-hydrogen) atoms. The fourth-order valence-electron chi connectivity index (χ4n) is 2.02. The zero-order chi connectivity index (χ0) is 14.8. The number of sulfonamides is 1. The van der Waals surface area contributed by atoms with E-state index >= 15 is 0 Å². The lowest BCUT2D eigenvalue weighted by molar-refractivity contribution is 0.447. The Morgan fingerprint density at radius 1 is 0.950 bits per heavy atom. The summed E-state index contributed by atoms with van der Waals surface area (Å²) in [6, 6.07) is 14.2. The van der Waals surface area contributed by atoms with E-state index in [9.17, 15) is 12.8 Å². The molecule has 0 radical (unpaired) electrons. The average Bonchev–Trinajstić information content (AvgIpc) is 2.39. The number of hydrogen-bond donors (Lipinski definition) is 1. The molecule has 0 saturated carbocycles. The van der Waals surface area contributed by atoms with Gasteiger partial charge in [0.05, 0.1) is 10.4 Å². The summed E-state index contributed by atoms with van der Waals surface area (Å²) in [7, 11) is -3.70. The van der Waals surface area contributed by atoms with Crippen molar-refractivity contribution in [2.45, 2.75) is 24.3 Å². The second-order valence-corrected chi connectivity index (χ2v) is 6.71. The average molecular weight is 293 g/mol. The molecule has 3 nitrogen and oxygen atoms in total. The van der Waals surface area contributed by atoms with Crippen LogP contribution < -0.4 is 4.72 Å². The quantitative estimate of drug-likeness (QED) is 0.941. The van der Waals surface area contributed by atoms with Crippen molar-refractivity contribution >= 4 is 10.0 Å². The highest BCUT2D eigenvalue weighted by Gasteiger charge is 2.29. The van der Waals surface area contributed by atoms with Crippen LogP contribution in [0.5, 0.6) is 0 Å². The Hall–Kier alpha value is -1.72. The van der Waals surface area contributed by atoms with E-state index in [1.54, 1.807) is 50.2 Å². The summed E-state index contributed by atoms with van der Waals surface area (Å²) in [5, 5.41) is 0. The van der Waals surface area contributed by atoms with Crippen LogP contribution in [0.2, 0.25) is 0 Å². The normalized spacial score (nSPS) is 12.3. The zero-order valence-corrected chi connectivity index (χ0v) is 12.1. The van der Waals surface area contributed by atoms with Gasteiger partial charge in [0.15, 0.2) is 0 Å². The van der Waals surface area contributed by atoms with E-state index in [1.165, 1.54) is 18.2 Å². The first kappa shape index (κ1) is 14.7. The minimum absolute atomic E-state index is 0.157. The predicted molar refractivity (Wildman–Crippen MR) is 76.2 cm³/mol. The SMILES string of the molecule is CC(C)(NS(=O)(=O)c1ccccc1)c1ccccc1F. The molecule has 0 unspecified atom stereocenters. The molecule has 5 heteroatoms. The molecule has 2 aromatic carbocycles. The van der Waals surface area contributed by atoms with Crippen molar-refractivity contribution in [1.82, 2.24) is 4.72 Å². The van der Waals surface area contributed by atoms with Crippen LogP contribution in [0.15, 0.2) is 59.5 Å². The van der Waals surface area contributed by atoms with Gasteiger partial charge in [-0.15, -0.1) is 0 Å². The van der Waals surface area contributed by atoms with Gasteiger partial charge < -0.3 is 0 Å². The van der Waals surface area contributed by atoms with Crippen molar-refractivity contribution in [2.75, 3.05) is 0 Å². The molecule has 0 atom stereocenters. The van der Waals surface area contributed by atoms with E-state index in [1.807, 2.05) is 0 Å². The number of rotatable bonds is 4. The molecule has 106 valence electrons. The third-order valence-electron chi connectivity index (χ3n) is 2.99. The van der Waals surface area contributed by atoms with Crippen LogP contribution in [-0.2, 0) is 15.6 Å². The molecule has 0 aliphatic carbocycles. The minimum atomic E-state index is -3.70. The highest BCUT2D eigenvalue weighted by molar-refractivity contribution is 7.89. The maximum Gasteiger partial charge on any atom is 0.241 e. The van der Waals surface area contributed by atoms with Crippen LogP contribution >= 0.6 is 0 Å². The Labute approximate surface area is 118 Å². The molecule has 0 amide bonds. The van der Waals surface area contributed by atoms with E-state index in [0.717, 1.165) is 0 Å². The summed E-state index contributed by atoms with van der Waals surface area (Å²) < 4.78 is 41.0. The van der Waals surface area contributed by atoms with E-state index < -0.39 is 21.4 Å². The van der Waals surface area contributed by atoms with Crippen LogP contribution in [0.25, 0.3) is 0 Å². The van der Waals surface area contributed by atoms with Crippen molar-refractivity contribution in [2.24, 2.45) is 0 Å². The standard InChI is InChI=1S/C15H16FNO2S/c1-15(2,13-10-6-7-11-14(13)16)17-20(18,19)12-8-4-3-5-9-12/h3-11,17H,1-2H3. The molecule has 0 fully saturated rings. The van der Waals surface area contributed by atoms with Crippen molar-refractivity contribution in [1.29, 1.82) is 0 Å². The van der Waals surface area contributed by atoms with Crippen molar-refractivity contribution in [3.8, 4) is 0 Å². The molecule has 0 aliphatic heterocycles. The lowest BCUT2D eigenvalue weighted by Crippen LogP contribution is -2.41. The topological polar surface area (TPSA) is 46.2 Å². The lowest BCUT2D eigenvalue weighted by atomic mass is 9.95. The second-order valence-electron chi connectivity index (χ2n) is 5.02. The van der Waals surface area contributed by atoms with E-state index in [0.29, 0.717) is 5.56 Å². The Kier molecular flexibility index (Phi) is 3.92. The summed E-state index contributed by atoms with van der Waals surface area (Å²) in [6.45, 7) is 3.26. The monoisotopic (exact) mass is 293 g/mol. The fourth-order valence-corrected chi connectivity index (χ4v) is 3.43. The molecule has 0 aromatic heterocycles. The minimum Gasteiger partial charge on any atom is -0.207 e.